The second-order valence-corrected chi connectivity index (χ2v) is 7.02. The van der Waals surface area contributed by atoms with E-state index in [0.29, 0.717) is 17.0 Å². The predicted molar refractivity (Wildman–Crippen MR) is 116 cm³/mol. The van der Waals surface area contributed by atoms with Crippen molar-refractivity contribution in [3.8, 4) is 0 Å². The normalized spacial score (nSPS) is 15.5. The van der Waals surface area contributed by atoms with Gasteiger partial charge < -0.3 is 9.47 Å². The molecule has 0 bridgehead atoms. The summed E-state index contributed by atoms with van der Waals surface area (Å²) in [5.74, 6) is -1.09. The van der Waals surface area contributed by atoms with Crippen LogP contribution < -0.4 is 10.2 Å². The number of nitrogens with zero attached hydrogens (tertiary/aromatic N) is 2. The van der Waals surface area contributed by atoms with E-state index in [1.807, 2.05) is 55.5 Å². The minimum atomic E-state index is -1.23. The Bertz CT molecular complexity index is 1000. The number of carbonyl (C=O) groups excluding carboxylic acids is 3. The number of aliphatic imine (C=N–C) groups is 1. The van der Waals surface area contributed by atoms with Crippen LogP contribution in [0.2, 0.25) is 0 Å². The number of fused-ring (bicyclic) bond motifs is 1. The fourth-order valence-electron chi connectivity index (χ4n) is 3.35. The van der Waals surface area contributed by atoms with E-state index in [4.69, 9.17) is 9.47 Å². The van der Waals surface area contributed by atoms with Crippen LogP contribution in [0.5, 0.6) is 0 Å². The Labute approximate surface area is 180 Å². The second-order valence-electron chi connectivity index (χ2n) is 7.02. The summed E-state index contributed by atoms with van der Waals surface area (Å²) in [5.41, 5.74) is 3.46. The van der Waals surface area contributed by atoms with Crippen molar-refractivity contribution in [2.75, 3.05) is 18.1 Å². The van der Waals surface area contributed by atoms with Crippen molar-refractivity contribution in [1.29, 1.82) is 0 Å². The van der Waals surface area contributed by atoms with Crippen LogP contribution in [0.3, 0.4) is 0 Å². The number of aryl methyl sites for hydroxylation is 1. The predicted octanol–water partition coefficient (Wildman–Crippen LogP) is 2.97. The van der Waals surface area contributed by atoms with Crippen molar-refractivity contribution in [1.82, 2.24) is 5.32 Å². The summed E-state index contributed by atoms with van der Waals surface area (Å²) in [6.45, 7) is 5.27. The van der Waals surface area contributed by atoms with Crippen LogP contribution in [0, 0.1) is 6.92 Å². The zero-order valence-electron chi connectivity index (χ0n) is 17.8. The molecule has 1 aliphatic heterocycles. The Morgan fingerprint density at radius 3 is 2.52 bits per heavy atom. The quantitative estimate of drug-likeness (QED) is 0.721. The molecule has 31 heavy (non-hydrogen) atoms. The number of anilines is 1. The number of nitrogens with one attached hydrogen (secondary N) is 1. The van der Waals surface area contributed by atoms with Crippen molar-refractivity contribution in [3.63, 3.8) is 0 Å². The van der Waals surface area contributed by atoms with Gasteiger partial charge in [-0.1, -0.05) is 48.5 Å². The summed E-state index contributed by atoms with van der Waals surface area (Å²) in [4.78, 5) is 43.6. The van der Waals surface area contributed by atoms with Gasteiger partial charge >= 0.3 is 12.1 Å². The van der Waals surface area contributed by atoms with Gasteiger partial charge in [-0.2, -0.15) is 0 Å². The van der Waals surface area contributed by atoms with Crippen molar-refractivity contribution in [2.24, 2.45) is 4.99 Å². The number of hydrogen-bond acceptors (Lipinski definition) is 6. The van der Waals surface area contributed by atoms with Crippen LogP contribution in [0.15, 0.2) is 53.5 Å². The lowest BCUT2D eigenvalue weighted by atomic mass is 10.0. The smallest absolute Gasteiger partial charge is 0.409 e. The first-order chi connectivity index (χ1) is 14.9. The molecule has 1 N–H and O–H groups in total. The molecule has 8 heteroatoms. The summed E-state index contributed by atoms with van der Waals surface area (Å²) in [7, 11) is 0. The van der Waals surface area contributed by atoms with Gasteiger partial charge in [0.05, 0.1) is 12.3 Å². The van der Waals surface area contributed by atoms with Gasteiger partial charge in [-0.15, -0.1) is 0 Å². The Balaban J connectivity index is 1.83. The van der Waals surface area contributed by atoms with Gasteiger partial charge in [0.25, 0.3) is 5.91 Å². The van der Waals surface area contributed by atoms with Crippen LogP contribution in [-0.4, -0.2) is 43.0 Å². The van der Waals surface area contributed by atoms with Crippen LogP contribution in [0.4, 0.5) is 10.5 Å². The number of para-hydroxylation sites is 1. The van der Waals surface area contributed by atoms with E-state index < -0.39 is 24.1 Å². The van der Waals surface area contributed by atoms with Gasteiger partial charge in [-0.25, -0.2) is 4.79 Å². The van der Waals surface area contributed by atoms with E-state index in [9.17, 15) is 14.4 Å². The number of hydrogen-bond donors (Lipinski definition) is 1. The first-order valence-corrected chi connectivity index (χ1v) is 9.99. The molecule has 2 aromatic rings. The van der Waals surface area contributed by atoms with Gasteiger partial charge in [0.1, 0.15) is 13.2 Å². The van der Waals surface area contributed by atoms with Crippen LogP contribution in [-0.2, 0) is 25.7 Å². The van der Waals surface area contributed by atoms with E-state index >= 15 is 0 Å². The van der Waals surface area contributed by atoms with E-state index in [1.165, 1.54) is 4.90 Å². The zero-order chi connectivity index (χ0) is 22.4. The molecule has 3 rings (SSSR count). The fourth-order valence-corrected chi connectivity index (χ4v) is 3.35. The summed E-state index contributed by atoms with van der Waals surface area (Å²) in [6, 6.07) is 14.7. The largest absolute Gasteiger partial charge is 0.465 e. The average Bonchev–Trinajstić information content (AvgIpc) is 2.84. The number of benzodiazepines with no additional fused rings is 1. The maximum Gasteiger partial charge on any atom is 0.409 e. The molecular weight excluding hydrogens is 398 g/mol. The fraction of sp³-hybridized carbons (Fsp3) is 0.304. The Kier molecular flexibility index (Phi) is 7.02. The van der Waals surface area contributed by atoms with Crippen molar-refractivity contribution >= 4 is 29.4 Å². The Hall–Kier alpha value is -3.68. The highest BCUT2D eigenvalue weighted by molar-refractivity contribution is 6.14. The lowest BCUT2D eigenvalue weighted by Gasteiger charge is -2.26. The number of benzene rings is 2. The molecule has 0 saturated heterocycles. The van der Waals surface area contributed by atoms with Crippen LogP contribution in [0.25, 0.3) is 0 Å². The molecule has 2 amide bonds. The SMILES string of the molecule is CCOC(=O)CN1C(=O)[C@@H](NC(=O)OCc2ccccc2)N=C(C)c2cccc(C)c21. The standard InChI is InChI=1S/C23H25N3O5/c1-4-30-19(27)13-26-20-15(2)9-8-12-18(20)16(3)24-21(22(26)28)25-23(29)31-14-17-10-6-5-7-11-17/h5-12,21H,4,13-14H2,1-3H3,(H,25,29)/t21-/m1/s1. The molecule has 0 fully saturated rings. The minimum absolute atomic E-state index is 0.0577. The summed E-state index contributed by atoms with van der Waals surface area (Å²) in [5, 5.41) is 2.51. The third-order valence-corrected chi connectivity index (χ3v) is 4.78. The Morgan fingerprint density at radius 1 is 1.06 bits per heavy atom. The van der Waals surface area contributed by atoms with E-state index in [0.717, 1.165) is 11.1 Å². The van der Waals surface area contributed by atoms with Gasteiger partial charge in [0.2, 0.25) is 6.17 Å². The van der Waals surface area contributed by atoms with Crippen molar-refractivity contribution in [2.45, 2.75) is 33.5 Å². The monoisotopic (exact) mass is 423 g/mol. The lowest BCUT2D eigenvalue weighted by molar-refractivity contribution is -0.142. The highest BCUT2D eigenvalue weighted by atomic mass is 16.5. The molecule has 1 aliphatic rings. The van der Waals surface area contributed by atoms with E-state index in [2.05, 4.69) is 10.3 Å². The second kappa shape index (κ2) is 9.88. The van der Waals surface area contributed by atoms with E-state index in [1.54, 1.807) is 13.8 Å². The summed E-state index contributed by atoms with van der Waals surface area (Å²) >= 11 is 0. The zero-order valence-corrected chi connectivity index (χ0v) is 17.8. The molecule has 0 unspecified atom stereocenters. The molecule has 2 aromatic carbocycles. The van der Waals surface area contributed by atoms with Crippen molar-refractivity contribution < 1.29 is 23.9 Å². The third kappa shape index (κ3) is 5.28. The molecule has 1 heterocycles. The molecule has 1 atom stereocenters. The minimum Gasteiger partial charge on any atom is -0.465 e. The average molecular weight is 423 g/mol. The molecule has 162 valence electrons. The first-order valence-electron chi connectivity index (χ1n) is 9.99. The van der Waals surface area contributed by atoms with E-state index in [-0.39, 0.29) is 19.8 Å². The highest BCUT2D eigenvalue weighted by Crippen LogP contribution is 2.29. The Morgan fingerprint density at radius 2 is 1.81 bits per heavy atom. The molecule has 8 nitrogen and oxygen atoms in total. The lowest BCUT2D eigenvalue weighted by Crippen LogP contribution is -2.49. The highest BCUT2D eigenvalue weighted by Gasteiger charge is 2.34. The van der Waals surface area contributed by atoms with Gasteiger partial charge in [-0.05, 0) is 31.9 Å². The van der Waals surface area contributed by atoms with Crippen LogP contribution >= 0.6 is 0 Å². The molecule has 0 aliphatic carbocycles. The molecule has 0 saturated carbocycles. The number of carbonyl (C=O) groups is 3. The molecule has 0 radical (unpaired) electrons. The van der Waals surface area contributed by atoms with Gasteiger partial charge in [-0.3, -0.25) is 24.8 Å². The maximum atomic E-state index is 13.3. The number of rotatable bonds is 6. The van der Waals surface area contributed by atoms with Gasteiger partial charge in [0, 0.05) is 11.3 Å². The summed E-state index contributed by atoms with van der Waals surface area (Å²) < 4.78 is 10.3. The molecule has 0 aromatic heterocycles. The number of ether oxygens (including phenoxy) is 2. The topological polar surface area (TPSA) is 97.3 Å². The van der Waals surface area contributed by atoms with Crippen LogP contribution in [0.1, 0.15) is 30.5 Å². The number of amides is 2. The van der Waals surface area contributed by atoms with Crippen molar-refractivity contribution in [3.05, 3.63) is 65.2 Å². The first kappa shape index (κ1) is 22.0. The van der Waals surface area contributed by atoms with Gasteiger partial charge in [0.15, 0.2) is 0 Å². The summed E-state index contributed by atoms with van der Waals surface area (Å²) in [6.07, 6.45) is -2.01. The number of alkyl carbamates (subject to hydrolysis) is 1. The third-order valence-electron chi connectivity index (χ3n) is 4.78. The number of esters is 1. The maximum absolute atomic E-state index is 13.3. The molecule has 0 spiro atoms. The molecular formula is C23H25N3O5.